The predicted octanol–water partition coefficient (Wildman–Crippen LogP) is 2.75. The summed E-state index contributed by atoms with van der Waals surface area (Å²) in [5.41, 5.74) is 1.86. The summed E-state index contributed by atoms with van der Waals surface area (Å²) in [7, 11) is 0. The first-order valence-electron chi connectivity index (χ1n) is 5.40. The molecule has 3 rings (SSSR count). The van der Waals surface area contributed by atoms with E-state index in [2.05, 4.69) is 20.2 Å². The number of hydrogen-bond donors (Lipinski definition) is 1. The average molecular weight is 258 g/mol. The van der Waals surface area contributed by atoms with Crippen LogP contribution in [0.2, 0.25) is 0 Å². The average Bonchev–Trinajstić information content (AvgIpc) is 3.09. The summed E-state index contributed by atoms with van der Waals surface area (Å²) in [5, 5.41) is 7.35. The van der Waals surface area contributed by atoms with Crippen LogP contribution in [0.1, 0.15) is 5.69 Å². The molecule has 0 amide bonds. The molecule has 0 fully saturated rings. The highest BCUT2D eigenvalue weighted by atomic mass is 32.2. The van der Waals surface area contributed by atoms with Gasteiger partial charge in [0.1, 0.15) is 12.6 Å². The molecule has 0 aliphatic heterocycles. The fourth-order valence-electron chi connectivity index (χ4n) is 1.49. The van der Waals surface area contributed by atoms with Crippen molar-refractivity contribution in [2.75, 3.05) is 0 Å². The highest BCUT2D eigenvalue weighted by Gasteiger charge is 2.07. The van der Waals surface area contributed by atoms with Crippen LogP contribution < -0.4 is 0 Å². The van der Waals surface area contributed by atoms with Crippen molar-refractivity contribution < 1.29 is 4.42 Å². The molecule has 2 heterocycles. The normalized spacial score (nSPS) is 10.7. The molecule has 0 atom stereocenters. The van der Waals surface area contributed by atoms with E-state index >= 15 is 0 Å². The van der Waals surface area contributed by atoms with Crippen molar-refractivity contribution in [3.63, 3.8) is 0 Å². The predicted molar refractivity (Wildman–Crippen MR) is 67.9 cm³/mol. The molecule has 0 saturated heterocycles. The summed E-state index contributed by atoms with van der Waals surface area (Å²) in [4.78, 5) is 8.46. The van der Waals surface area contributed by atoms with Crippen LogP contribution in [0.15, 0.2) is 52.5 Å². The molecular weight excluding hydrogens is 248 g/mol. The van der Waals surface area contributed by atoms with Gasteiger partial charge >= 0.3 is 0 Å². The summed E-state index contributed by atoms with van der Waals surface area (Å²) in [6.45, 7) is 0. The molecule has 0 aliphatic carbocycles. The van der Waals surface area contributed by atoms with Crippen LogP contribution in [0.25, 0.3) is 11.5 Å². The van der Waals surface area contributed by atoms with Gasteiger partial charge in [-0.1, -0.05) is 30.0 Å². The van der Waals surface area contributed by atoms with Crippen molar-refractivity contribution in [2.24, 2.45) is 0 Å². The Hall–Kier alpha value is -2.08. The number of aromatic nitrogens is 4. The van der Waals surface area contributed by atoms with E-state index in [1.165, 1.54) is 18.1 Å². The summed E-state index contributed by atoms with van der Waals surface area (Å²) in [6.07, 6.45) is 3.16. The van der Waals surface area contributed by atoms with Crippen molar-refractivity contribution in [1.29, 1.82) is 0 Å². The van der Waals surface area contributed by atoms with Crippen LogP contribution in [0, 0.1) is 0 Å². The van der Waals surface area contributed by atoms with Gasteiger partial charge in [0, 0.05) is 11.3 Å². The van der Waals surface area contributed by atoms with E-state index < -0.39 is 0 Å². The number of aromatic amines is 1. The molecule has 0 saturated carbocycles. The Bertz CT molecular complexity index is 606. The fraction of sp³-hybridized carbons (Fsp3) is 0.0833. The minimum Gasteiger partial charge on any atom is -0.444 e. The van der Waals surface area contributed by atoms with E-state index in [0.29, 0.717) is 11.6 Å². The lowest BCUT2D eigenvalue weighted by Crippen LogP contribution is -1.83. The Balaban J connectivity index is 1.70. The summed E-state index contributed by atoms with van der Waals surface area (Å²) in [6, 6.07) is 9.83. The van der Waals surface area contributed by atoms with Crippen LogP contribution in [-0.2, 0) is 5.75 Å². The van der Waals surface area contributed by atoms with Gasteiger partial charge in [0.25, 0.3) is 0 Å². The van der Waals surface area contributed by atoms with Crippen LogP contribution in [-0.4, -0.2) is 20.2 Å². The van der Waals surface area contributed by atoms with E-state index in [-0.39, 0.29) is 0 Å². The largest absolute Gasteiger partial charge is 0.444 e. The number of nitrogens with one attached hydrogen (secondary N) is 1. The molecule has 0 aliphatic rings. The van der Waals surface area contributed by atoms with Gasteiger partial charge in [0.05, 0.1) is 5.69 Å². The van der Waals surface area contributed by atoms with Crippen LogP contribution in [0.3, 0.4) is 0 Å². The second-order valence-electron chi connectivity index (χ2n) is 3.59. The van der Waals surface area contributed by atoms with E-state index in [0.717, 1.165) is 16.4 Å². The molecule has 0 spiro atoms. The van der Waals surface area contributed by atoms with E-state index in [1.807, 2.05) is 30.3 Å². The molecule has 5 nitrogen and oxygen atoms in total. The van der Waals surface area contributed by atoms with Crippen LogP contribution >= 0.6 is 11.8 Å². The third-order valence-electron chi connectivity index (χ3n) is 2.32. The van der Waals surface area contributed by atoms with Crippen molar-refractivity contribution in [1.82, 2.24) is 20.2 Å². The molecule has 18 heavy (non-hydrogen) atoms. The Labute approximate surface area is 108 Å². The van der Waals surface area contributed by atoms with Gasteiger partial charge in [-0.3, -0.25) is 5.10 Å². The fourth-order valence-corrected chi connectivity index (χ4v) is 2.15. The number of nitrogens with zero attached hydrogens (tertiary/aromatic N) is 3. The lowest BCUT2D eigenvalue weighted by Gasteiger charge is -1.93. The van der Waals surface area contributed by atoms with Crippen molar-refractivity contribution >= 4 is 11.8 Å². The maximum Gasteiger partial charge on any atom is 0.226 e. The molecule has 2 aromatic heterocycles. The van der Waals surface area contributed by atoms with E-state index in [9.17, 15) is 0 Å². The first-order valence-corrected chi connectivity index (χ1v) is 6.38. The molecular formula is C12H10N4OS. The number of hydrogen-bond acceptors (Lipinski definition) is 5. The minimum absolute atomic E-state index is 0.642. The number of rotatable bonds is 4. The molecule has 0 bridgehead atoms. The second-order valence-corrected chi connectivity index (χ2v) is 4.55. The highest BCUT2D eigenvalue weighted by Crippen LogP contribution is 2.22. The monoisotopic (exact) mass is 258 g/mol. The summed E-state index contributed by atoms with van der Waals surface area (Å²) in [5.74, 6) is 1.34. The molecule has 90 valence electrons. The molecule has 1 N–H and O–H groups in total. The second kappa shape index (κ2) is 5.05. The van der Waals surface area contributed by atoms with Gasteiger partial charge in [-0.25, -0.2) is 9.97 Å². The maximum absolute atomic E-state index is 5.45. The lowest BCUT2D eigenvalue weighted by molar-refractivity contribution is 0.573. The highest BCUT2D eigenvalue weighted by molar-refractivity contribution is 7.98. The van der Waals surface area contributed by atoms with Gasteiger partial charge < -0.3 is 4.42 Å². The molecule has 3 aromatic rings. The third kappa shape index (κ3) is 2.43. The molecule has 0 unspecified atom stereocenters. The minimum atomic E-state index is 0.642. The smallest absolute Gasteiger partial charge is 0.226 e. The van der Waals surface area contributed by atoms with Gasteiger partial charge in [0.15, 0.2) is 5.16 Å². The zero-order chi connectivity index (χ0) is 12.2. The number of H-pyrrole nitrogens is 1. The summed E-state index contributed by atoms with van der Waals surface area (Å²) < 4.78 is 5.45. The molecule has 1 aromatic carbocycles. The van der Waals surface area contributed by atoms with E-state index in [1.54, 1.807) is 6.26 Å². The zero-order valence-corrected chi connectivity index (χ0v) is 10.2. The Morgan fingerprint density at radius 3 is 2.89 bits per heavy atom. The number of thioether (sulfide) groups is 1. The number of benzene rings is 1. The van der Waals surface area contributed by atoms with Crippen LogP contribution in [0.5, 0.6) is 0 Å². The first kappa shape index (κ1) is 11.0. The van der Waals surface area contributed by atoms with Gasteiger partial charge in [-0.2, -0.15) is 5.10 Å². The standard InChI is InChI=1S/C12H10N4OS/c1-2-4-9(5-3-1)11-15-10(6-17-11)7-18-12-13-8-14-16-12/h1-6,8H,7H2,(H,13,14,16). The Morgan fingerprint density at radius 1 is 1.22 bits per heavy atom. The van der Waals surface area contributed by atoms with Crippen molar-refractivity contribution in [2.45, 2.75) is 10.9 Å². The van der Waals surface area contributed by atoms with Gasteiger partial charge in [-0.15, -0.1) is 0 Å². The quantitative estimate of drug-likeness (QED) is 0.729. The number of oxazole rings is 1. The molecule has 0 radical (unpaired) electrons. The topological polar surface area (TPSA) is 67.6 Å². The molecule has 6 heteroatoms. The first-order chi connectivity index (χ1) is 8.92. The summed E-state index contributed by atoms with van der Waals surface area (Å²) >= 11 is 1.54. The van der Waals surface area contributed by atoms with Crippen molar-refractivity contribution in [3.8, 4) is 11.5 Å². The van der Waals surface area contributed by atoms with Crippen LogP contribution in [0.4, 0.5) is 0 Å². The third-order valence-corrected chi connectivity index (χ3v) is 3.23. The zero-order valence-electron chi connectivity index (χ0n) is 9.41. The Kier molecular flexibility index (Phi) is 3.10. The van der Waals surface area contributed by atoms with Crippen molar-refractivity contribution in [3.05, 3.63) is 48.6 Å². The van der Waals surface area contributed by atoms with Gasteiger partial charge in [0.2, 0.25) is 5.89 Å². The maximum atomic E-state index is 5.45. The SMILES string of the molecule is c1ccc(-c2nc(CSc3ncn[nH]3)co2)cc1. The van der Waals surface area contributed by atoms with E-state index in [4.69, 9.17) is 4.42 Å². The van der Waals surface area contributed by atoms with Gasteiger partial charge in [-0.05, 0) is 12.1 Å². The Morgan fingerprint density at radius 2 is 2.11 bits per heavy atom. The lowest BCUT2D eigenvalue weighted by atomic mass is 10.2.